The molecule has 0 spiro atoms. The third kappa shape index (κ3) is 4.85. The van der Waals surface area contributed by atoms with Crippen molar-refractivity contribution in [3.63, 3.8) is 0 Å². The highest BCUT2D eigenvalue weighted by Gasteiger charge is 2.30. The number of hydrogen-bond donors (Lipinski definition) is 0. The van der Waals surface area contributed by atoms with Gasteiger partial charge in [0.05, 0.1) is 17.1 Å². The number of benzene rings is 2. The van der Waals surface area contributed by atoms with Crippen molar-refractivity contribution in [2.24, 2.45) is 7.05 Å². The number of pyridine rings is 1. The van der Waals surface area contributed by atoms with Crippen LogP contribution in [0.25, 0.3) is 11.1 Å². The molecule has 0 fully saturated rings. The molecule has 0 N–H and O–H groups in total. The van der Waals surface area contributed by atoms with Gasteiger partial charge in [-0.15, -0.1) is 0 Å². The predicted molar refractivity (Wildman–Crippen MR) is 106 cm³/mol. The molecule has 2 aromatic carbocycles. The fourth-order valence-corrected chi connectivity index (χ4v) is 2.86. The number of nitrogens with zero attached hydrogens (tertiary/aromatic N) is 2. The largest absolute Gasteiger partial charge is 0.493 e. The van der Waals surface area contributed by atoms with E-state index in [0.717, 1.165) is 24.3 Å². The van der Waals surface area contributed by atoms with Crippen LogP contribution in [0.3, 0.4) is 0 Å². The molecule has 7 nitrogen and oxygen atoms in total. The van der Waals surface area contributed by atoms with E-state index >= 15 is 0 Å². The lowest BCUT2D eigenvalue weighted by Crippen LogP contribution is -2.16. The van der Waals surface area contributed by atoms with E-state index in [1.807, 2.05) is 0 Å². The molecule has 1 aromatic heterocycles. The van der Waals surface area contributed by atoms with Crippen LogP contribution in [0.1, 0.15) is 12.5 Å². The Kier molecular flexibility index (Phi) is 6.00. The van der Waals surface area contributed by atoms with E-state index in [1.165, 1.54) is 42.1 Å². The summed E-state index contributed by atoms with van der Waals surface area (Å²) < 4.78 is 50.9. The second kappa shape index (κ2) is 8.50. The zero-order valence-corrected chi connectivity index (χ0v) is 16.5. The standard InChI is InChI=1S/C21H17F3N2O5/c1-3-30-19-11-20(27)25(2)12-17(19)16-10-14(26(28)29)6-9-18(16)31-15-7-4-13(5-8-15)21(22,23)24/h4-12H,3H2,1-2H3. The number of aryl methyl sites for hydroxylation is 1. The summed E-state index contributed by atoms with van der Waals surface area (Å²) in [6.45, 7) is 1.96. The number of ether oxygens (including phenoxy) is 2. The van der Waals surface area contributed by atoms with E-state index in [9.17, 15) is 28.1 Å². The van der Waals surface area contributed by atoms with Gasteiger partial charge >= 0.3 is 6.18 Å². The van der Waals surface area contributed by atoms with Crippen LogP contribution in [0.15, 0.2) is 59.5 Å². The lowest BCUT2D eigenvalue weighted by molar-refractivity contribution is -0.384. The molecule has 0 radical (unpaired) electrons. The van der Waals surface area contributed by atoms with Crippen LogP contribution in [0.5, 0.6) is 17.2 Å². The molecule has 0 bridgehead atoms. The molecular formula is C21H17F3N2O5. The topological polar surface area (TPSA) is 83.6 Å². The first-order chi connectivity index (χ1) is 14.6. The molecule has 3 aromatic rings. The average Bonchev–Trinajstić information content (AvgIpc) is 2.71. The van der Waals surface area contributed by atoms with Crippen molar-refractivity contribution in [2.45, 2.75) is 13.1 Å². The van der Waals surface area contributed by atoms with Gasteiger partial charge in [-0.05, 0) is 37.3 Å². The maximum Gasteiger partial charge on any atom is 0.416 e. The zero-order chi connectivity index (χ0) is 22.8. The first-order valence-corrected chi connectivity index (χ1v) is 9.07. The first kappa shape index (κ1) is 21.9. The van der Waals surface area contributed by atoms with Crippen LogP contribution in [0.2, 0.25) is 0 Å². The molecule has 31 heavy (non-hydrogen) atoms. The monoisotopic (exact) mass is 434 g/mol. The number of halogens is 3. The number of rotatable bonds is 6. The second-order valence-corrected chi connectivity index (χ2v) is 6.50. The normalized spacial score (nSPS) is 11.3. The van der Waals surface area contributed by atoms with Gasteiger partial charge in [0, 0.05) is 42.6 Å². The van der Waals surface area contributed by atoms with Crippen LogP contribution in [-0.4, -0.2) is 16.1 Å². The van der Waals surface area contributed by atoms with Crippen LogP contribution in [0, 0.1) is 10.1 Å². The molecule has 0 atom stereocenters. The summed E-state index contributed by atoms with van der Waals surface area (Å²) in [4.78, 5) is 22.7. The lowest BCUT2D eigenvalue weighted by atomic mass is 10.0. The zero-order valence-electron chi connectivity index (χ0n) is 16.5. The van der Waals surface area contributed by atoms with E-state index in [-0.39, 0.29) is 40.7 Å². The summed E-state index contributed by atoms with van der Waals surface area (Å²) in [6.07, 6.45) is -3.04. The number of hydrogen-bond acceptors (Lipinski definition) is 5. The van der Waals surface area contributed by atoms with Gasteiger partial charge < -0.3 is 14.0 Å². The molecule has 0 saturated heterocycles. The predicted octanol–water partition coefficient (Wildman–Crippen LogP) is 5.17. The van der Waals surface area contributed by atoms with Gasteiger partial charge in [-0.1, -0.05) is 0 Å². The van der Waals surface area contributed by atoms with Crippen molar-refractivity contribution in [2.75, 3.05) is 6.61 Å². The van der Waals surface area contributed by atoms with Crippen LogP contribution >= 0.6 is 0 Å². The second-order valence-electron chi connectivity index (χ2n) is 6.50. The summed E-state index contributed by atoms with van der Waals surface area (Å²) in [5.41, 5.74) is -0.808. The Balaban J connectivity index is 2.12. The Labute approximate surface area is 174 Å². The average molecular weight is 434 g/mol. The SMILES string of the molecule is CCOc1cc(=O)n(C)cc1-c1cc([N+](=O)[O-])ccc1Oc1ccc(C(F)(F)F)cc1. The number of nitro groups is 1. The molecule has 0 amide bonds. The summed E-state index contributed by atoms with van der Waals surface area (Å²) in [5, 5.41) is 11.3. The quantitative estimate of drug-likeness (QED) is 0.395. The number of nitro benzene ring substituents is 1. The van der Waals surface area contributed by atoms with Crippen molar-refractivity contribution >= 4 is 5.69 Å². The Hall–Kier alpha value is -3.82. The van der Waals surface area contributed by atoms with Crippen LogP contribution in [-0.2, 0) is 13.2 Å². The minimum Gasteiger partial charge on any atom is -0.493 e. The molecule has 1 heterocycles. The Morgan fingerprint density at radius 2 is 1.71 bits per heavy atom. The molecule has 0 saturated carbocycles. The van der Waals surface area contributed by atoms with Gasteiger partial charge in [-0.25, -0.2) is 0 Å². The molecule has 10 heteroatoms. The minimum absolute atomic E-state index is 0.103. The molecule has 0 unspecified atom stereocenters. The highest BCUT2D eigenvalue weighted by Crippen LogP contribution is 2.40. The van der Waals surface area contributed by atoms with Gasteiger partial charge in [0.15, 0.2) is 0 Å². The lowest BCUT2D eigenvalue weighted by Gasteiger charge is -2.16. The van der Waals surface area contributed by atoms with Gasteiger partial charge in [0.25, 0.3) is 11.2 Å². The van der Waals surface area contributed by atoms with Crippen molar-refractivity contribution in [3.8, 4) is 28.4 Å². The van der Waals surface area contributed by atoms with Crippen molar-refractivity contribution in [1.29, 1.82) is 0 Å². The Morgan fingerprint density at radius 1 is 1.03 bits per heavy atom. The molecular weight excluding hydrogens is 417 g/mol. The number of aromatic nitrogens is 1. The van der Waals surface area contributed by atoms with E-state index in [2.05, 4.69) is 0 Å². The number of non-ortho nitro benzene ring substituents is 1. The Bertz CT molecular complexity index is 1170. The third-order valence-electron chi connectivity index (χ3n) is 4.36. The maximum absolute atomic E-state index is 12.8. The first-order valence-electron chi connectivity index (χ1n) is 9.07. The van der Waals surface area contributed by atoms with Gasteiger partial charge in [-0.3, -0.25) is 14.9 Å². The molecule has 0 aliphatic heterocycles. The fraction of sp³-hybridized carbons (Fsp3) is 0.190. The summed E-state index contributed by atoms with van der Waals surface area (Å²) in [6, 6.07) is 9.10. The summed E-state index contributed by atoms with van der Waals surface area (Å²) in [7, 11) is 1.51. The van der Waals surface area contributed by atoms with Gasteiger partial charge in [0.1, 0.15) is 17.2 Å². The maximum atomic E-state index is 12.8. The molecule has 0 aliphatic rings. The van der Waals surface area contributed by atoms with E-state index < -0.39 is 16.7 Å². The molecule has 0 aliphatic carbocycles. The number of alkyl halides is 3. The summed E-state index contributed by atoms with van der Waals surface area (Å²) in [5.74, 6) is 0.444. The third-order valence-corrected chi connectivity index (χ3v) is 4.36. The summed E-state index contributed by atoms with van der Waals surface area (Å²) >= 11 is 0. The van der Waals surface area contributed by atoms with Gasteiger partial charge in [0.2, 0.25) is 0 Å². The van der Waals surface area contributed by atoms with Crippen LogP contribution < -0.4 is 15.0 Å². The fourth-order valence-electron chi connectivity index (χ4n) is 2.86. The van der Waals surface area contributed by atoms with Crippen molar-refractivity contribution < 1.29 is 27.6 Å². The Morgan fingerprint density at radius 3 is 2.29 bits per heavy atom. The van der Waals surface area contributed by atoms with E-state index in [0.29, 0.717) is 5.56 Å². The van der Waals surface area contributed by atoms with E-state index in [4.69, 9.17) is 9.47 Å². The smallest absolute Gasteiger partial charge is 0.416 e. The van der Waals surface area contributed by atoms with Gasteiger partial charge in [-0.2, -0.15) is 13.2 Å². The van der Waals surface area contributed by atoms with Crippen LogP contribution in [0.4, 0.5) is 18.9 Å². The van der Waals surface area contributed by atoms with Crippen molar-refractivity contribution in [3.05, 3.63) is 80.8 Å². The minimum atomic E-state index is -4.49. The van der Waals surface area contributed by atoms with Crippen molar-refractivity contribution in [1.82, 2.24) is 4.57 Å². The molecule has 3 rings (SSSR count). The van der Waals surface area contributed by atoms with E-state index in [1.54, 1.807) is 6.92 Å². The highest BCUT2D eigenvalue weighted by atomic mass is 19.4. The molecule has 162 valence electrons. The highest BCUT2D eigenvalue weighted by molar-refractivity contribution is 5.77.